The first-order chi connectivity index (χ1) is 6.63. The highest BCUT2D eigenvalue weighted by Crippen LogP contribution is 2.25. The second-order valence-electron chi connectivity index (χ2n) is 3.28. The lowest BCUT2D eigenvalue weighted by atomic mass is 10.2. The SMILES string of the molecule is Cc1sc(CNCC(C)C#N)cc1Br. The second-order valence-corrected chi connectivity index (χ2v) is 5.47. The molecule has 0 aliphatic heterocycles. The largest absolute Gasteiger partial charge is 0.311 e. The minimum absolute atomic E-state index is 0.0829. The number of rotatable bonds is 4. The van der Waals surface area contributed by atoms with E-state index in [2.05, 4.69) is 40.3 Å². The molecule has 1 rings (SSSR count). The molecule has 1 heterocycles. The van der Waals surface area contributed by atoms with E-state index in [-0.39, 0.29) is 5.92 Å². The van der Waals surface area contributed by atoms with Gasteiger partial charge in [0.2, 0.25) is 0 Å². The number of nitrogens with zero attached hydrogens (tertiary/aromatic N) is 1. The Morgan fingerprint density at radius 3 is 2.93 bits per heavy atom. The zero-order valence-electron chi connectivity index (χ0n) is 8.30. The highest BCUT2D eigenvalue weighted by Gasteiger charge is 2.03. The fourth-order valence-electron chi connectivity index (χ4n) is 1.06. The molecular formula is C10H13BrN2S. The van der Waals surface area contributed by atoms with Crippen LogP contribution in [-0.2, 0) is 6.54 Å². The summed E-state index contributed by atoms with van der Waals surface area (Å²) in [4.78, 5) is 2.61. The van der Waals surface area contributed by atoms with Gasteiger partial charge in [-0.05, 0) is 35.8 Å². The summed E-state index contributed by atoms with van der Waals surface area (Å²) in [6, 6.07) is 4.33. The van der Waals surface area contributed by atoms with Crippen molar-refractivity contribution < 1.29 is 0 Å². The van der Waals surface area contributed by atoms with Crippen LogP contribution in [0.1, 0.15) is 16.7 Å². The van der Waals surface area contributed by atoms with Crippen molar-refractivity contribution in [1.82, 2.24) is 5.32 Å². The Balaban J connectivity index is 2.36. The fourth-order valence-corrected chi connectivity index (χ4v) is 2.63. The monoisotopic (exact) mass is 272 g/mol. The molecule has 1 atom stereocenters. The molecule has 14 heavy (non-hydrogen) atoms. The van der Waals surface area contributed by atoms with Crippen molar-refractivity contribution in [3.8, 4) is 6.07 Å². The Morgan fingerprint density at radius 2 is 2.43 bits per heavy atom. The van der Waals surface area contributed by atoms with Crippen LogP contribution in [-0.4, -0.2) is 6.54 Å². The number of hydrogen-bond acceptors (Lipinski definition) is 3. The van der Waals surface area contributed by atoms with E-state index in [0.717, 1.165) is 13.1 Å². The molecule has 0 fully saturated rings. The van der Waals surface area contributed by atoms with Gasteiger partial charge in [0.1, 0.15) is 0 Å². The van der Waals surface area contributed by atoms with E-state index >= 15 is 0 Å². The lowest BCUT2D eigenvalue weighted by Gasteiger charge is -2.03. The van der Waals surface area contributed by atoms with Crippen molar-refractivity contribution in [3.63, 3.8) is 0 Å². The van der Waals surface area contributed by atoms with Crippen LogP contribution < -0.4 is 5.32 Å². The Kier molecular flexibility index (Phi) is 4.59. The topological polar surface area (TPSA) is 35.8 Å². The van der Waals surface area contributed by atoms with Crippen LogP contribution in [0.15, 0.2) is 10.5 Å². The number of thiophene rings is 1. The minimum atomic E-state index is 0.0829. The van der Waals surface area contributed by atoms with Crippen LogP contribution in [0.4, 0.5) is 0 Å². The van der Waals surface area contributed by atoms with Crippen molar-refractivity contribution in [2.45, 2.75) is 20.4 Å². The third-order valence-electron chi connectivity index (χ3n) is 1.88. The summed E-state index contributed by atoms with van der Waals surface area (Å²) in [5.41, 5.74) is 0. The third kappa shape index (κ3) is 3.41. The van der Waals surface area contributed by atoms with Crippen LogP contribution >= 0.6 is 27.3 Å². The van der Waals surface area contributed by atoms with E-state index in [9.17, 15) is 0 Å². The Bertz CT molecular complexity index is 321. The molecule has 0 saturated heterocycles. The maximum absolute atomic E-state index is 8.59. The summed E-state index contributed by atoms with van der Waals surface area (Å²) in [6.45, 7) is 5.62. The molecule has 2 nitrogen and oxygen atoms in total. The highest BCUT2D eigenvalue weighted by atomic mass is 79.9. The molecule has 0 aliphatic rings. The first-order valence-corrected chi connectivity index (χ1v) is 6.09. The van der Waals surface area contributed by atoms with E-state index < -0.39 is 0 Å². The van der Waals surface area contributed by atoms with Crippen molar-refractivity contribution >= 4 is 27.3 Å². The number of nitriles is 1. The molecule has 0 bridgehead atoms. The zero-order valence-corrected chi connectivity index (χ0v) is 10.7. The molecule has 0 amide bonds. The molecule has 1 aromatic heterocycles. The average Bonchev–Trinajstić information content (AvgIpc) is 2.46. The molecule has 0 saturated carbocycles. The van der Waals surface area contributed by atoms with Gasteiger partial charge in [0.05, 0.1) is 12.0 Å². The molecule has 4 heteroatoms. The molecule has 0 spiro atoms. The Labute approximate surface area is 97.1 Å². The van der Waals surface area contributed by atoms with Crippen molar-refractivity contribution in [3.05, 3.63) is 20.3 Å². The Morgan fingerprint density at radius 1 is 1.71 bits per heavy atom. The Hall–Kier alpha value is -0.370. The molecule has 1 N–H and O–H groups in total. The van der Waals surface area contributed by atoms with Crippen LogP contribution in [0.5, 0.6) is 0 Å². The van der Waals surface area contributed by atoms with E-state index in [0.29, 0.717) is 0 Å². The predicted octanol–water partition coefficient (Wildman–Crippen LogP) is 3.07. The van der Waals surface area contributed by atoms with E-state index in [4.69, 9.17) is 5.26 Å². The molecular weight excluding hydrogens is 260 g/mol. The normalized spacial score (nSPS) is 12.4. The fraction of sp³-hybridized carbons (Fsp3) is 0.500. The van der Waals surface area contributed by atoms with E-state index in [1.807, 2.05) is 6.92 Å². The smallest absolute Gasteiger partial charge is 0.0666 e. The van der Waals surface area contributed by atoms with Gasteiger partial charge in [-0.2, -0.15) is 5.26 Å². The summed E-state index contributed by atoms with van der Waals surface area (Å²) < 4.78 is 1.17. The van der Waals surface area contributed by atoms with Crippen molar-refractivity contribution in [1.29, 1.82) is 5.26 Å². The summed E-state index contributed by atoms with van der Waals surface area (Å²) in [6.07, 6.45) is 0. The summed E-state index contributed by atoms with van der Waals surface area (Å²) >= 11 is 5.26. The van der Waals surface area contributed by atoms with Gasteiger partial charge < -0.3 is 5.32 Å². The van der Waals surface area contributed by atoms with Crippen molar-refractivity contribution in [2.24, 2.45) is 5.92 Å². The van der Waals surface area contributed by atoms with Crippen LogP contribution in [0.25, 0.3) is 0 Å². The molecule has 0 aliphatic carbocycles. The molecule has 1 aromatic rings. The number of hydrogen-bond donors (Lipinski definition) is 1. The van der Waals surface area contributed by atoms with Gasteiger partial charge in [-0.1, -0.05) is 0 Å². The van der Waals surface area contributed by atoms with Crippen LogP contribution in [0, 0.1) is 24.2 Å². The van der Waals surface area contributed by atoms with Gasteiger partial charge >= 0.3 is 0 Å². The average molecular weight is 273 g/mol. The molecule has 1 unspecified atom stereocenters. The van der Waals surface area contributed by atoms with Gasteiger partial charge in [-0.3, -0.25) is 0 Å². The predicted molar refractivity (Wildman–Crippen MR) is 63.2 cm³/mol. The van der Waals surface area contributed by atoms with Gasteiger partial charge in [0.25, 0.3) is 0 Å². The number of nitrogens with one attached hydrogen (secondary N) is 1. The quantitative estimate of drug-likeness (QED) is 0.915. The van der Waals surface area contributed by atoms with Gasteiger partial charge in [-0.25, -0.2) is 0 Å². The third-order valence-corrected chi connectivity index (χ3v) is 4.01. The van der Waals surface area contributed by atoms with Gasteiger partial charge in [0.15, 0.2) is 0 Å². The van der Waals surface area contributed by atoms with Gasteiger partial charge in [0, 0.05) is 27.3 Å². The molecule has 0 aromatic carbocycles. The van der Waals surface area contributed by atoms with Crippen LogP contribution in [0.2, 0.25) is 0 Å². The summed E-state index contributed by atoms with van der Waals surface area (Å²) in [7, 11) is 0. The van der Waals surface area contributed by atoms with E-state index in [1.54, 1.807) is 11.3 Å². The lowest BCUT2D eigenvalue weighted by molar-refractivity contribution is 0.605. The maximum Gasteiger partial charge on any atom is 0.0666 e. The number of halogens is 1. The standard InChI is InChI=1S/C10H13BrN2S/c1-7(4-12)5-13-6-9-3-10(11)8(2)14-9/h3,7,13H,5-6H2,1-2H3. The maximum atomic E-state index is 8.59. The second kappa shape index (κ2) is 5.50. The summed E-state index contributed by atoms with van der Waals surface area (Å²) in [5.74, 6) is 0.0829. The molecule has 0 radical (unpaired) electrons. The lowest BCUT2D eigenvalue weighted by Crippen LogP contribution is -2.19. The van der Waals surface area contributed by atoms with Crippen LogP contribution in [0.3, 0.4) is 0 Å². The number of aryl methyl sites for hydroxylation is 1. The first kappa shape index (κ1) is 11.7. The zero-order chi connectivity index (χ0) is 10.6. The summed E-state index contributed by atoms with van der Waals surface area (Å²) in [5, 5.41) is 11.8. The van der Waals surface area contributed by atoms with Gasteiger partial charge in [-0.15, -0.1) is 11.3 Å². The van der Waals surface area contributed by atoms with E-state index in [1.165, 1.54) is 14.2 Å². The minimum Gasteiger partial charge on any atom is -0.311 e. The van der Waals surface area contributed by atoms with Crippen molar-refractivity contribution in [2.75, 3.05) is 6.54 Å². The first-order valence-electron chi connectivity index (χ1n) is 4.48. The molecule has 76 valence electrons. The highest BCUT2D eigenvalue weighted by molar-refractivity contribution is 9.10.